The number of carbonyl (C=O) groups is 2. The Morgan fingerprint density at radius 3 is 1.20 bits per heavy atom. The first-order chi connectivity index (χ1) is 43.6. The second-order valence-electron chi connectivity index (χ2n) is 23.0. The SMILES string of the molecule is C[C@H](N)c1ccc(Br)cc1.Cc1nc(C)c(C)c(Cl)n1.Cc1nc(C)c(C)c(O[C@@H](C)c2ccc(-c3nnc(C4CC4)o3)cc2)n1.Cc1nc(C)c(C)c(O[C@@H](C)c2ccc(Br)cc2)n1.Cc1nc(C)c(C)c(O[C@@H](C)c2ccc(C(=O)NNC(=O)C3CC3)cc2)n1.S.S.S.S. The standard InChI is InChI=1S/C20H24N4O3.C20H22N4O2.C15H17BrN2O.C8H10BrN.C7H9ClN2.4H2S/c1-11-12(2)21-14(4)22-20(11)27-13(3)15-5-7-16(8-6-15)18(25)23-24-19(26)17-9-10-17;1-11-12(2)21-14(4)22-18(11)25-13(3)15-5-7-16(8-6-15)19-23-24-20(26-19)17-9-10-17;1-9-10(2)17-12(4)18-15(9)19-11(3)13-5-7-14(16)8-6-13;1-6(10)7-2-4-8(9)5-3-7;1-4-5(2)9-6(3)10-7(4)8;;;;/h5-8,13,17H,9-10H2,1-4H3,(H,23,25)(H,24,26);5-8,13,17H,9-10H2,1-4H3;5-8,11H,1-4H3;2-6H,10H2,1H3;1-3H3;4*1H2/t2*13-;11-;6-;;;;;/m0000...../s1. The number of amides is 2. The molecule has 0 aliphatic heterocycles. The molecule has 0 bridgehead atoms. The molecule has 0 saturated heterocycles. The number of nitrogens with zero attached hydrogens (tertiary/aromatic N) is 10. The summed E-state index contributed by atoms with van der Waals surface area (Å²) in [6.07, 6.45) is 3.68. The molecule has 5 heterocycles. The van der Waals surface area contributed by atoms with Gasteiger partial charge in [0.1, 0.15) is 46.8 Å². The Morgan fingerprint density at radius 1 is 0.479 bits per heavy atom. The van der Waals surface area contributed by atoms with Gasteiger partial charge in [-0.05, 0) is 207 Å². The largest absolute Gasteiger partial charge is 0.469 e. The third kappa shape index (κ3) is 25.0. The van der Waals surface area contributed by atoms with Crippen molar-refractivity contribution in [3.05, 3.63) is 213 Å². The van der Waals surface area contributed by atoms with Crippen LogP contribution in [0.3, 0.4) is 0 Å². The summed E-state index contributed by atoms with van der Waals surface area (Å²) >= 11 is 12.6. The predicted octanol–water partition coefficient (Wildman–Crippen LogP) is 16.5. The van der Waals surface area contributed by atoms with Gasteiger partial charge in [-0.25, -0.2) is 24.9 Å². The topological polar surface area (TPSA) is 254 Å². The number of hydrogen-bond donors (Lipinski definition) is 3. The lowest BCUT2D eigenvalue weighted by molar-refractivity contribution is -0.123. The Labute approximate surface area is 614 Å². The van der Waals surface area contributed by atoms with Gasteiger partial charge in [0.05, 0.1) is 0 Å². The van der Waals surface area contributed by atoms with Crippen molar-refractivity contribution in [2.24, 2.45) is 11.7 Å². The van der Waals surface area contributed by atoms with Crippen LogP contribution in [0.4, 0.5) is 0 Å². The summed E-state index contributed by atoms with van der Waals surface area (Å²) in [6, 6.07) is 31.4. The number of benzene rings is 4. The van der Waals surface area contributed by atoms with E-state index in [4.69, 9.17) is 36.0 Å². The molecule has 4 N–H and O–H groups in total. The molecule has 5 aromatic heterocycles. The predicted molar refractivity (Wildman–Crippen MR) is 406 cm³/mol. The molecule has 2 aliphatic carbocycles. The zero-order chi connectivity index (χ0) is 67.1. The van der Waals surface area contributed by atoms with Crippen LogP contribution in [0, 0.1) is 89.0 Å². The van der Waals surface area contributed by atoms with Crippen molar-refractivity contribution in [1.82, 2.24) is 60.9 Å². The number of carbonyl (C=O) groups excluding carboxylic acids is 2. The third-order valence-electron chi connectivity index (χ3n) is 15.3. The molecule has 11 rings (SSSR count). The van der Waals surface area contributed by atoms with Crippen molar-refractivity contribution in [2.45, 2.75) is 167 Å². The minimum atomic E-state index is -0.345. The molecular formula is C70H90Br2ClN13O6S4. The summed E-state index contributed by atoms with van der Waals surface area (Å²) in [6.45, 7) is 31.0. The summed E-state index contributed by atoms with van der Waals surface area (Å²) in [5, 5.41) is 8.85. The van der Waals surface area contributed by atoms with Gasteiger partial charge in [-0.2, -0.15) is 68.9 Å². The average Bonchev–Trinajstić information content (AvgIpc) is 1.57. The molecule has 4 aromatic carbocycles. The van der Waals surface area contributed by atoms with E-state index in [-0.39, 0.29) is 96.1 Å². The molecule has 2 aliphatic rings. The molecular weight excluding hydrogens is 1440 g/mol. The van der Waals surface area contributed by atoms with E-state index in [0.717, 1.165) is 119 Å². The lowest BCUT2D eigenvalue weighted by Gasteiger charge is -2.17. The number of hydrazine groups is 1. The second kappa shape index (κ2) is 39.0. The van der Waals surface area contributed by atoms with Gasteiger partial charge >= 0.3 is 0 Å². The molecule has 0 spiro atoms. The highest BCUT2D eigenvalue weighted by molar-refractivity contribution is 9.10. The molecule has 2 amide bonds. The lowest BCUT2D eigenvalue weighted by atomic mass is 10.1. The monoisotopic (exact) mass is 1530 g/mol. The minimum Gasteiger partial charge on any atom is -0.469 e. The van der Waals surface area contributed by atoms with Crippen LogP contribution >= 0.6 is 97.4 Å². The fourth-order valence-electron chi connectivity index (χ4n) is 8.78. The van der Waals surface area contributed by atoms with Crippen LogP contribution in [0.1, 0.15) is 190 Å². The Kier molecular flexibility index (Phi) is 34.0. The van der Waals surface area contributed by atoms with Crippen molar-refractivity contribution < 1.29 is 28.2 Å². The fraction of sp³-hybridized carbons (Fsp3) is 0.371. The number of aryl methyl sites for hydroxylation is 8. The smallest absolute Gasteiger partial charge is 0.269 e. The molecule has 2 fully saturated rings. The Bertz CT molecular complexity index is 3960. The van der Waals surface area contributed by atoms with Gasteiger partial charge in [-0.1, -0.05) is 92.0 Å². The minimum absolute atomic E-state index is 0. The first-order valence-electron chi connectivity index (χ1n) is 30.5. The summed E-state index contributed by atoms with van der Waals surface area (Å²) in [5.74, 6) is 6.08. The number of nitrogens with two attached hydrogens (primary N) is 1. The van der Waals surface area contributed by atoms with E-state index >= 15 is 0 Å². The molecule has 4 atom stereocenters. The molecule has 26 heteroatoms. The van der Waals surface area contributed by atoms with Crippen molar-refractivity contribution in [1.29, 1.82) is 0 Å². The first-order valence-corrected chi connectivity index (χ1v) is 32.4. The van der Waals surface area contributed by atoms with Crippen LogP contribution in [-0.2, 0) is 4.79 Å². The van der Waals surface area contributed by atoms with Crippen LogP contribution in [0.5, 0.6) is 17.6 Å². The van der Waals surface area contributed by atoms with Gasteiger partial charge in [0.25, 0.3) is 5.91 Å². The molecule has 19 nitrogen and oxygen atoms in total. The molecule has 0 radical (unpaired) electrons. The second-order valence-corrected chi connectivity index (χ2v) is 25.2. The average molecular weight is 1530 g/mol. The van der Waals surface area contributed by atoms with E-state index in [2.05, 4.69) is 92.8 Å². The lowest BCUT2D eigenvalue weighted by Crippen LogP contribution is -2.42. The van der Waals surface area contributed by atoms with E-state index in [1.807, 2.05) is 196 Å². The van der Waals surface area contributed by atoms with Crippen LogP contribution in [-0.4, -0.2) is 61.9 Å². The summed E-state index contributed by atoms with van der Waals surface area (Å²) in [7, 11) is 0. The molecule has 96 heavy (non-hydrogen) atoms. The number of rotatable bonds is 14. The normalized spacial score (nSPS) is 13.0. The van der Waals surface area contributed by atoms with E-state index in [1.165, 1.54) is 5.56 Å². The third-order valence-corrected chi connectivity index (χ3v) is 16.7. The van der Waals surface area contributed by atoms with Crippen molar-refractivity contribution in [3.8, 4) is 29.1 Å². The zero-order valence-corrected chi connectivity index (χ0v) is 65.1. The summed E-state index contributed by atoms with van der Waals surface area (Å²) in [5.41, 5.74) is 23.8. The maximum atomic E-state index is 12.1. The van der Waals surface area contributed by atoms with Gasteiger partial charge in [0.15, 0.2) is 0 Å². The maximum absolute atomic E-state index is 12.1. The Balaban J connectivity index is 0.000000325. The quantitative estimate of drug-likeness (QED) is 0.0675. The van der Waals surface area contributed by atoms with Gasteiger partial charge in [-0.3, -0.25) is 20.4 Å². The number of nitrogens with one attached hydrogen (secondary N) is 2. The van der Waals surface area contributed by atoms with Crippen LogP contribution in [0.15, 0.2) is 110 Å². The highest BCUT2D eigenvalue weighted by Gasteiger charge is 2.31. The van der Waals surface area contributed by atoms with Crippen LogP contribution in [0.25, 0.3) is 11.5 Å². The van der Waals surface area contributed by atoms with E-state index in [9.17, 15) is 9.59 Å². The molecule has 0 unspecified atom stereocenters. The van der Waals surface area contributed by atoms with Gasteiger partial charge in [0, 0.05) is 83.0 Å². The number of halogens is 3. The summed E-state index contributed by atoms with van der Waals surface area (Å²) in [4.78, 5) is 58.0. The number of hydrogen-bond acceptors (Lipinski definition) is 17. The number of ether oxygens (including phenoxy) is 3. The van der Waals surface area contributed by atoms with Crippen LogP contribution in [0.2, 0.25) is 5.15 Å². The highest BCUT2D eigenvalue weighted by Crippen LogP contribution is 2.40. The molecule has 2 saturated carbocycles. The van der Waals surface area contributed by atoms with E-state index in [1.54, 1.807) is 12.1 Å². The van der Waals surface area contributed by atoms with Crippen molar-refractivity contribution in [3.63, 3.8) is 0 Å². The van der Waals surface area contributed by atoms with Crippen molar-refractivity contribution >= 4 is 109 Å². The Hall–Kier alpha value is -6.71. The van der Waals surface area contributed by atoms with Crippen molar-refractivity contribution in [2.75, 3.05) is 0 Å². The first kappa shape index (κ1) is 83.5. The Morgan fingerprint density at radius 2 is 0.833 bits per heavy atom. The van der Waals surface area contributed by atoms with Gasteiger partial charge < -0.3 is 24.4 Å². The zero-order valence-electron chi connectivity index (χ0n) is 57.2. The van der Waals surface area contributed by atoms with Gasteiger partial charge in [-0.15, -0.1) is 10.2 Å². The summed E-state index contributed by atoms with van der Waals surface area (Å²) < 4.78 is 26.0. The van der Waals surface area contributed by atoms with E-state index < -0.39 is 0 Å². The maximum Gasteiger partial charge on any atom is 0.269 e. The van der Waals surface area contributed by atoms with Gasteiger partial charge in [0.2, 0.25) is 35.3 Å². The molecule has 516 valence electrons. The molecule has 9 aromatic rings. The highest BCUT2D eigenvalue weighted by atomic mass is 79.9. The van der Waals surface area contributed by atoms with Crippen LogP contribution < -0.4 is 30.8 Å². The fourth-order valence-corrected chi connectivity index (χ4v) is 9.56. The van der Waals surface area contributed by atoms with E-state index in [0.29, 0.717) is 51.8 Å². The number of aromatic nitrogens is 10.